The smallest absolute Gasteiger partial charge is 0.242 e. The average Bonchev–Trinajstić information content (AvgIpc) is 2.93. The number of hydrogen-bond donors (Lipinski definition) is 1. The SMILES string of the molecule is CCc1cnc(CNC(=NC)N2CC(=O)N(C(C)C)C(C)(C)C2)s1.I. The Kier molecular flexibility index (Phi) is 8.11. The minimum absolute atomic E-state index is 0. The number of nitrogens with zero attached hydrogens (tertiary/aromatic N) is 4. The zero-order valence-corrected chi connectivity index (χ0v) is 19.1. The minimum atomic E-state index is -0.225. The predicted molar refractivity (Wildman–Crippen MR) is 115 cm³/mol. The normalized spacial score (nSPS) is 17.7. The van der Waals surface area contributed by atoms with Crippen molar-refractivity contribution in [1.82, 2.24) is 20.1 Å². The van der Waals surface area contributed by atoms with Gasteiger partial charge in [-0.15, -0.1) is 35.3 Å². The molecule has 1 fully saturated rings. The van der Waals surface area contributed by atoms with Crippen LogP contribution in [-0.4, -0.2) is 58.4 Å². The molecular weight excluding hydrogens is 449 g/mol. The summed E-state index contributed by atoms with van der Waals surface area (Å²) >= 11 is 1.71. The summed E-state index contributed by atoms with van der Waals surface area (Å²) in [7, 11) is 1.76. The van der Waals surface area contributed by atoms with Gasteiger partial charge in [0.15, 0.2) is 5.96 Å². The molecule has 1 N–H and O–H groups in total. The van der Waals surface area contributed by atoms with Crippen molar-refractivity contribution < 1.29 is 4.79 Å². The molecule has 1 amide bonds. The van der Waals surface area contributed by atoms with Crippen LogP contribution in [0.3, 0.4) is 0 Å². The molecule has 2 heterocycles. The molecule has 0 bridgehead atoms. The van der Waals surface area contributed by atoms with Crippen LogP contribution in [0.1, 0.15) is 44.5 Å². The molecule has 25 heavy (non-hydrogen) atoms. The van der Waals surface area contributed by atoms with Gasteiger partial charge in [-0.3, -0.25) is 9.79 Å². The number of piperazine rings is 1. The van der Waals surface area contributed by atoms with Gasteiger partial charge in [-0.25, -0.2) is 4.98 Å². The Morgan fingerprint density at radius 2 is 2.16 bits per heavy atom. The molecule has 0 saturated carbocycles. The third-order valence-corrected chi connectivity index (χ3v) is 5.34. The van der Waals surface area contributed by atoms with Gasteiger partial charge in [0, 0.05) is 30.7 Å². The van der Waals surface area contributed by atoms with E-state index < -0.39 is 0 Å². The summed E-state index contributed by atoms with van der Waals surface area (Å²) in [5.41, 5.74) is -0.225. The standard InChI is InChI=1S/C17H29N5OS.HI/c1-7-13-8-19-14(24-13)9-20-16(18-6)21-10-15(23)22(12(2)3)17(4,5)11-21;/h8,12H,7,9-11H2,1-6H3,(H,18,20);1H. The van der Waals surface area contributed by atoms with Gasteiger partial charge in [0.1, 0.15) is 5.01 Å². The third kappa shape index (κ3) is 5.29. The van der Waals surface area contributed by atoms with E-state index in [1.165, 1.54) is 4.88 Å². The van der Waals surface area contributed by atoms with Crippen molar-refractivity contribution in [3.05, 3.63) is 16.1 Å². The van der Waals surface area contributed by atoms with E-state index in [0.717, 1.165) is 23.9 Å². The predicted octanol–water partition coefficient (Wildman–Crippen LogP) is 2.73. The number of guanidine groups is 1. The lowest BCUT2D eigenvalue weighted by molar-refractivity contribution is -0.145. The van der Waals surface area contributed by atoms with Gasteiger partial charge in [0.25, 0.3) is 0 Å². The Labute approximate surface area is 172 Å². The number of aromatic nitrogens is 1. The number of halogens is 1. The van der Waals surface area contributed by atoms with E-state index in [0.29, 0.717) is 13.1 Å². The van der Waals surface area contributed by atoms with Crippen LogP contribution in [0.2, 0.25) is 0 Å². The molecule has 1 saturated heterocycles. The molecular formula is C17H30IN5OS. The van der Waals surface area contributed by atoms with Crippen molar-refractivity contribution in [1.29, 1.82) is 0 Å². The quantitative estimate of drug-likeness (QED) is 0.410. The van der Waals surface area contributed by atoms with Crippen molar-refractivity contribution in [2.75, 3.05) is 20.1 Å². The zero-order chi connectivity index (χ0) is 17.9. The number of aryl methyl sites for hydroxylation is 1. The second-order valence-electron chi connectivity index (χ2n) is 7.00. The monoisotopic (exact) mass is 479 g/mol. The van der Waals surface area contributed by atoms with Crippen LogP contribution in [0.4, 0.5) is 0 Å². The second-order valence-corrected chi connectivity index (χ2v) is 8.20. The van der Waals surface area contributed by atoms with E-state index in [2.05, 4.69) is 49.9 Å². The summed E-state index contributed by atoms with van der Waals surface area (Å²) in [6, 6.07) is 0.201. The Balaban J connectivity index is 0.00000312. The number of amides is 1. The average molecular weight is 479 g/mol. The summed E-state index contributed by atoms with van der Waals surface area (Å²) in [4.78, 5) is 26.7. The largest absolute Gasteiger partial charge is 0.350 e. The maximum Gasteiger partial charge on any atom is 0.242 e. The molecule has 1 aliphatic heterocycles. The van der Waals surface area contributed by atoms with Gasteiger partial charge in [-0.2, -0.15) is 0 Å². The number of hydrogen-bond acceptors (Lipinski definition) is 4. The summed E-state index contributed by atoms with van der Waals surface area (Å²) in [5, 5.41) is 4.39. The molecule has 0 aromatic carbocycles. The lowest BCUT2D eigenvalue weighted by Crippen LogP contribution is -2.66. The molecule has 0 spiro atoms. The fraction of sp³-hybridized carbons (Fsp3) is 0.706. The molecule has 1 aromatic rings. The Bertz CT molecular complexity index is 614. The van der Waals surface area contributed by atoms with E-state index in [1.807, 2.05) is 16.0 Å². The van der Waals surface area contributed by atoms with Gasteiger partial charge in [0.05, 0.1) is 18.6 Å². The first-order valence-corrected chi connectivity index (χ1v) is 9.31. The molecule has 0 unspecified atom stereocenters. The molecule has 0 atom stereocenters. The van der Waals surface area contributed by atoms with Crippen LogP contribution < -0.4 is 5.32 Å². The summed E-state index contributed by atoms with van der Waals surface area (Å²) in [5.74, 6) is 0.903. The Morgan fingerprint density at radius 1 is 1.48 bits per heavy atom. The molecule has 8 heteroatoms. The van der Waals surface area contributed by atoms with Crippen molar-refractivity contribution in [3.8, 4) is 0 Å². The molecule has 2 rings (SSSR count). The first kappa shape index (κ1) is 22.1. The summed E-state index contributed by atoms with van der Waals surface area (Å²) < 4.78 is 0. The number of aliphatic imine (C=N–C) groups is 1. The highest BCUT2D eigenvalue weighted by Crippen LogP contribution is 2.24. The van der Waals surface area contributed by atoms with Crippen LogP contribution in [0.15, 0.2) is 11.2 Å². The van der Waals surface area contributed by atoms with Gasteiger partial charge < -0.3 is 15.1 Å². The first-order valence-electron chi connectivity index (χ1n) is 8.49. The highest BCUT2D eigenvalue weighted by molar-refractivity contribution is 14.0. The fourth-order valence-corrected chi connectivity index (χ4v) is 4.20. The highest BCUT2D eigenvalue weighted by Gasteiger charge is 2.40. The Hall–Kier alpha value is -0.900. The molecule has 142 valence electrons. The summed E-state index contributed by atoms with van der Waals surface area (Å²) in [6.45, 7) is 12.2. The lowest BCUT2D eigenvalue weighted by Gasteiger charge is -2.49. The Morgan fingerprint density at radius 3 is 2.64 bits per heavy atom. The molecule has 0 aliphatic carbocycles. The van der Waals surface area contributed by atoms with Crippen molar-refractivity contribution in [3.63, 3.8) is 0 Å². The van der Waals surface area contributed by atoms with Crippen molar-refractivity contribution in [2.45, 2.75) is 59.2 Å². The van der Waals surface area contributed by atoms with Crippen molar-refractivity contribution >= 4 is 47.2 Å². The van der Waals surface area contributed by atoms with Crippen LogP contribution >= 0.6 is 35.3 Å². The van der Waals surface area contributed by atoms with Gasteiger partial charge in [-0.1, -0.05) is 6.92 Å². The topological polar surface area (TPSA) is 60.8 Å². The highest BCUT2D eigenvalue weighted by atomic mass is 127. The van der Waals surface area contributed by atoms with Gasteiger partial charge in [0.2, 0.25) is 5.91 Å². The lowest BCUT2D eigenvalue weighted by atomic mass is 9.96. The third-order valence-electron chi connectivity index (χ3n) is 4.20. The summed E-state index contributed by atoms with van der Waals surface area (Å²) in [6.07, 6.45) is 2.94. The number of nitrogens with one attached hydrogen (secondary N) is 1. The fourth-order valence-electron chi connectivity index (χ4n) is 3.39. The molecule has 6 nitrogen and oxygen atoms in total. The maximum atomic E-state index is 12.6. The van der Waals surface area contributed by atoms with Gasteiger partial charge >= 0.3 is 0 Å². The van der Waals surface area contributed by atoms with Gasteiger partial charge in [-0.05, 0) is 34.1 Å². The number of carbonyl (C=O) groups is 1. The van der Waals surface area contributed by atoms with Crippen LogP contribution in [0, 0.1) is 0 Å². The minimum Gasteiger partial charge on any atom is -0.350 e. The van der Waals surface area contributed by atoms with Crippen LogP contribution in [0.25, 0.3) is 0 Å². The van der Waals surface area contributed by atoms with E-state index in [9.17, 15) is 4.79 Å². The van der Waals surface area contributed by atoms with E-state index >= 15 is 0 Å². The molecule has 1 aromatic heterocycles. The van der Waals surface area contributed by atoms with E-state index in [-0.39, 0.29) is 41.5 Å². The van der Waals surface area contributed by atoms with Crippen LogP contribution in [0.5, 0.6) is 0 Å². The van der Waals surface area contributed by atoms with Crippen molar-refractivity contribution in [2.24, 2.45) is 4.99 Å². The second kappa shape index (κ2) is 9.16. The number of rotatable bonds is 4. The first-order chi connectivity index (χ1) is 11.3. The zero-order valence-electron chi connectivity index (χ0n) is 16.0. The number of thiazole rings is 1. The maximum absolute atomic E-state index is 12.6. The molecule has 1 aliphatic rings. The molecule has 0 radical (unpaired) electrons. The van der Waals surface area contributed by atoms with E-state index in [1.54, 1.807) is 18.4 Å². The van der Waals surface area contributed by atoms with E-state index in [4.69, 9.17) is 0 Å². The van der Waals surface area contributed by atoms with Crippen LogP contribution in [-0.2, 0) is 17.8 Å². The number of carbonyl (C=O) groups excluding carboxylic acids is 1.